The number of fused-ring (bicyclic) bond motifs is 12. The van der Waals surface area contributed by atoms with Crippen LogP contribution in [-0.2, 0) is 10.8 Å². The van der Waals surface area contributed by atoms with Crippen LogP contribution in [-0.4, -0.2) is 19.1 Å². The van der Waals surface area contributed by atoms with Crippen molar-refractivity contribution in [3.63, 3.8) is 0 Å². The van der Waals surface area contributed by atoms with Crippen LogP contribution in [0, 0.1) is 0 Å². The minimum Gasteiger partial charge on any atom is -0.310 e. The van der Waals surface area contributed by atoms with Crippen LogP contribution in [0.2, 0.25) is 0 Å². The Kier molecular flexibility index (Phi) is 14.5. The normalized spacial score (nSPS) is 13.0. The summed E-state index contributed by atoms with van der Waals surface area (Å²) in [5.41, 5.74) is 31.3. The molecular weight excluding hydrogens is 1210 g/mol. The second kappa shape index (κ2) is 24.2. The largest absolute Gasteiger partial charge is 0.310 e. The van der Waals surface area contributed by atoms with Crippen molar-refractivity contribution >= 4 is 77.7 Å². The van der Waals surface area contributed by atoms with Crippen LogP contribution in [0.4, 0.5) is 34.1 Å². The molecule has 0 fully saturated rings. The zero-order valence-corrected chi connectivity index (χ0v) is 56.2. The maximum atomic E-state index is 4.40. The fourth-order valence-corrected chi connectivity index (χ4v) is 16.0. The molecule has 0 N–H and O–H groups in total. The van der Waals surface area contributed by atoms with Gasteiger partial charge in [0.2, 0.25) is 0 Å². The van der Waals surface area contributed by atoms with Crippen LogP contribution in [0.3, 0.4) is 0 Å². The summed E-state index contributed by atoms with van der Waals surface area (Å²) >= 11 is 0. The van der Waals surface area contributed by atoms with Gasteiger partial charge < -0.3 is 18.9 Å². The molecule has 476 valence electrons. The molecule has 13 aromatic carbocycles. The van der Waals surface area contributed by atoms with Crippen molar-refractivity contribution in [2.24, 2.45) is 0 Å². The van der Waals surface area contributed by atoms with E-state index in [1.807, 2.05) is 36.9 Å². The highest BCUT2D eigenvalue weighted by Crippen LogP contribution is 2.53. The zero-order chi connectivity index (χ0) is 67.1. The smallest absolute Gasteiger partial charge is 0.0542 e. The molecule has 0 amide bonds. The number of hydrogen-bond donors (Lipinski definition) is 0. The number of pyridine rings is 2. The van der Waals surface area contributed by atoms with Gasteiger partial charge in [-0.1, -0.05) is 216 Å². The summed E-state index contributed by atoms with van der Waals surface area (Å²) in [6.07, 6.45) is 7.49. The van der Waals surface area contributed by atoms with Crippen LogP contribution in [0.5, 0.6) is 0 Å². The third-order valence-corrected chi connectivity index (χ3v) is 20.9. The lowest BCUT2D eigenvalue weighted by molar-refractivity contribution is 0.660. The molecule has 17 aromatic rings. The average Bonchev–Trinajstić information content (AvgIpc) is 1.56. The van der Waals surface area contributed by atoms with Crippen molar-refractivity contribution in [3.8, 4) is 67.0 Å². The van der Waals surface area contributed by atoms with E-state index in [1.54, 1.807) is 0 Å². The molecule has 2 aliphatic carbocycles. The quantitative estimate of drug-likeness (QED) is 0.129. The first kappa shape index (κ1) is 59.8. The Morgan fingerprint density at radius 1 is 0.240 bits per heavy atom. The molecule has 6 heteroatoms. The highest BCUT2D eigenvalue weighted by atomic mass is 15.1. The van der Waals surface area contributed by atoms with E-state index in [0.717, 1.165) is 62.1 Å². The maximum Gasteiger partial charge on any atom is 0.0542 e. The van der Waals surface area contributed by atoms with E-state index in [-0.39, 0.29) is 10.8 Å². The minimum absolute atomic E-state index is 0.0924. The van der Waals surface area contributed by atoms with E-state index in [9.17, 15) is 0 Å². The van der Waals surface area contributed by atoms with Crippen molar-refractivity contribution in [1.29, 1.82) is 0 Å². The summed E-state index contributed by atoms with van der Waals surface area (Å²) in [6, 6.07) is 119. The maximum absolute atomic E-state index is 4.40. The predicted octanol–water partition coefficient (Wildman–Crippen LogP) is 24.9. The van der Waals surface area contributed by atoms with Crippen LogP contribution in [0.1, 0.15) is 49.9 Å². The van der Waals surface area contributed by atoms with Crippen molar-refractivity contribution < 1.29 is 0 Å². The Bertz CT molecular complexity index is 5950. The third-order valence-electron chi connectivity index (χ3n) is 20.9. The highest BCUT2D eigenvalue weighted by Gasteiger charge is 2.37. The summed E-state index contributed by atoms with van der Waals surface area (Å²) in [7, 11) is 0. The van der Waals surface area contributed by atoms with E-state index >= 15 is 0 Å². The summed E-state index contributed by atoms with van der Waals surface area (Å²) in [5, 5.41) is 4.98. The van der Waals surface area contributed by atoms with Gasteiger partial charge in [0, 0.05) is 108 Å². The molecule has 2 aliphatic rings. The molecule has 6 nitrogen and oxygen atoms in total. The van der Waals surface area contributed by atoms with Gasteiger partial charge in [-0.25, -0.2) is 0 Å². The van der Waals surface area contributed by atoms with Crippen LogP contribution in [0.15, 0.2) is 352 Å². The van der Waals surface area contributed by atoms with Gasteiger partial charge in [-0.3, -0.25) is 9.97 Å². The Morgan fingerprint density at radius 2 is 0.610 bits per heavy atom. The number of aromatic nitrogens is 4. The Balaban J connectivity index is 0.000000145. The second-order valence-electron chi connectivity index (χ2n) is 27.4. The number of nitrogens with zero attached hydrogens (tertiary/aromatic N) is 6. The molecular formula is C94H70N6. The van der Waals surface area contributed by atoms with Crippen molar-refractivity contribution in [3.05, 3.63) is 375 Å². The van der Waals surface area contributed by atoms with Gasteiger partial charge in [-0.2, -0.15) is 0 Å². The third kappa shape index (κ3) is 10.1. The standard InChI is InChI=1S/C50H37N3.C44H33N3/c1-50(2)46-19-8-6-17-42(46)43-27-26-41(32-47(43)50)52(40-16-10-12-35(30-40)37-13-11-29-51-33-37)39-24-21-34(22-25-39)36-23-28-49-45(31-36)44-18-7-9-20-48(44)53(49)38-14-4-3-5-15-38;1-44(2)40-16-8-6-14-36(40)37-24-22-35(28-41(37)44)46(33-20-18-30(19-21-33)31-11-10-26-45-29-31)34-23-25-43-39(27-34)38-15-7-9-17-42(38)47(43)32-12-4-3-5-13-32/h3-33H,1-2H3;3-29H,1-2H3. The monoisotopic (exact) mass is 1280 g/mol. The average molecular weight is 1280 g/mol. The van der Waals surface area contributed by atoms with E-state index in [2.05, 4.69) is 372 Å². The number of benzene rings is 13. The summed E-state index contributed by atoms with van der Waals surface area (Å²) < 4.78 is 4.74. The zero-order valence-electron chi connectivity index (χ0n) is 56.2. The lowest BCUT2D eigenvalue weighted by Gasteiger charge is -2.28. The number of hydrogen-bond acceptors (Lipinski definition) is 4. The van der Waals surface area contributed by atoms with Gasteiger partial charge in [0.1, 0.15) is 0 Å². The van der Waals surface area contributed by atoms with Gasteiger partial charge in [-0.05, 0) is 212 Å². The molecule has 0 spiro atoms. The Labute approximate surface area is 583 Å². The van der Waals surface area contributed by atoms with Crippen molar-refractivity contribution in [2.75, 3.05) is 9.80 Å². The summed E-state index contributed by atoms with van der Waals surface area (Å²) in [5.74, 6) is 0. The summed E-state index contributed by atoms with van der Waals surface area (Å²) in [6.45, 7) is 9.38. The minimum atomic E-state index is -0.0999. The molecule has 0 atom stereocenters. The van der Waals surface area contributed by atoms with Crippen LogP contribution in [0.25, 0.3) is 111 Å². The molecule has 0 radical (unpaired) electrons. The van der Waals surface area contributed by atoms with Crippen molar-refractivity contribution in [2.45, 2.75) is 38.5 Å². The molecule has 4 heterocycles. The molecule has 19 rings (SSSR count). The van der Waals surface area contributed by atoms with Gasteiger partial charge in [0.15, 0.2) is 0 Å². The van der Waals surface area contributed by atoms with E-state index in [1.165, 1.54) is 105 Å². The number of para-hydroxylation sites is 4. The fourth-order valence-electron chi connectivity index (χ4n) is 16.0. The van der Waals surface area contributed by atoms with Crippen molar-refractivity contribution in [1.82, 2.24) is 19.1 Å². The Morgan fingerprint density at radius 3 is 1.13 bits per heavy atom. The van der Waals surface area contributed by atoms with Crippen LogP contribution < -0.4 is 9.80 Å². The topological polar surface area (TPSA) is 42.1 Å². The number of rotatable bonds is 11. The van der Waals surface area contributed by atoms with Gasteiger partial charge in [0.05, 0.1) is 22.1 Å². The molecule has 0 bridgehead atoms. The first-order valence-electron chi connectivity index (χ1n) is 34.5. The van der Waals surface area contributed by atoms with E-state index in [4.69, 9.17) is 0 Å². The van der Waals surface area contributed by atoms with E-state index < -0.39 is 0 Å². The van der Waals surface area contributed by atoms with Gasteiger partial charge in [0.25, 0.3) is 0 Å². The SMILES string of the molecule is CC1(C)c2ccccc2-c2ccc(N(c3ccc(-c4ccc5c(c4)c4ccccc4n5-c4ccccc4)cc3)c3cccc(-c4cccnc4)c3)cc21.CC1(C)c2ccccc2-c2ccc(N(c3ccc(-c4cccnc4)cc3)c3ccc4c(c3)c3ccccc3n4-c3ccccc3)cc21. The van der Waals surface area contributed by atoms with Gasteiger partial charge >= 0.3 is 0 Å². The molecule has 4 aromatic heterocycles. The fraction of sp³-hybridized carbons (Fsp3) is 0.0638. The van der Waals surface area contributed by atoms with E-state index in [0.29, 0.717) is 0 Å². The lowest BCUT2D eigenvalue weighted by Crippen LogP contribution is -2.16. The molecule has 0 saturated carbocycles. The highest BCUT2D eigenvalue weighted by molar-refractivity contribution is 6.12. The Hall–Kier alpha value is -12.6. The first-order chi connectivity index (χ1) is 49.1. The van der Waals surface area contributed by atoms with Crippen LogP contribution >= 0.6 is 0 Å². The first-order valence-corrected chi connectivity index (χ1v) is 34.5. The summed E-state index contributed by atoms with van der Waals surface area (Å²) in [4.78, 5) is 13.5. The molecule has 0 unspecified atom stereocenters. The number of anilines is 6. The lowest BCUT2D eigenvalue weighted by atomic mass is 9.82. The molecule has 0 aliphatic heterocycles. The predicted molar refractivity (Wildman–Crippen MR) is 418 cm³/mol. The van der Waals surface area contributed by atoms with Gasteiger partial charge in [-0.15, -0.1) is 0 Å². The second-order valence-corrected chi connectivity index (χ2v) is 27.4. The molecule has 0 saturated heterocycles. The molecule has 100 heavy (non-hydrogen) atoms.